The molecule has 1 unspecified atom stereocenters. The highest BCUT2D eigenvalue weighted by Crippen LogP contribution is 2.26. The van der Waals surface area contributed by atoms with Crippen molar-refractivity contribution in [2.75, 3.05) is 13.2 Å². The Kier molecular flexibility index (Phi) is 4.55. The van der Waals surface area contributed by atoms with Gasteiger partial charge in [-0.2, -0.15) is 0 Å². The van der Waals surface area contributed by atoms with Crippen LogP contribution in [0.3, 0.4) is 0 Å². The zero-order valence-electron chi connectivity index (χ0n) is 11.7. The molecule has 0 bridgehead atoms. The van der Waals surface area contributed by atoms with Crippen LogP contribution >= 0.6 is 0 Å². The van der Waals surface area contributed by atoms with E-state index in [2.05, 4.69) is 17.1 Å². The molecule has 1 heterocycles. The zero-order chi connectivity index (χ0) is 13.2. The van der Waals surface area contributed by atoms with Crippen LogP contribution in [0.15, 0.2) is 0 Å². The van der Waals surface area contributed by atoms with Gasteiger partial charge in [0.15, 0.2) is 0 Å². The van der Waals surface area contributed by atoms with E-state index in [0.717, 1.165) is 13.0 Å². The molecule has 0 aromatic heterocycles. The minimum atomic E-state index is -0.201. The maximum Gasteiger partial charge on any atom is 0.238 e. The van der Waals surface area contributed by atoms with E-state index in [0.29, 0.717) is 5.92 Å². The van der Waals surface area contributed by atoms with Gasteiger partial charge in [0.1, 0.15) is 0 Å². The Hall–Kier alpha value is -0.610. The number of rotatable bonds is 3. The number of amides is 1. The molecule has 0 spiro atoms. The van der Waals surface area contributed by atoms with Crippen LogP contribution in [0.2, 0.25) is 0 Å². The lowest BCUT2D eigenvalue weighted by Gasteiger charge is -2.32. The van der Waals surface area contributed by atoms with E-state index in [9.17, 15) is 9.90 Å². The molecule has 4 heteroatoms. The summed E-state index contributed by atoms with van der Waals surface area (Å²) in [6.07, 6.45) is 1.02. The third kappa shape index (κ3) is 3.68. The molecule has 1 aliphatic heterocycles. The maximum atomic E-state index is 12.3. The maximum absolute atomic E-state index is 12.3. The first-order chi connectivity index (χ1) is 7.76. The van der Waals surface area contributed by atoms with Crippen LogP contribution in [-0.4, -0.2) is 46.7 Å². The molecule has 3 atom stereocenters. The Morgan fingerprint density at radius 2 is 2.12 bits per heavy atom. The van der Waals surface area contributed by atoms with Gasteiger partial charge < -0.3 is 10.4 Å². The molecule has 2 N–H and O–H groups in total. The van der Waals surface area contributed by atoms with Crippen LogP contribution in [-0.2, 0) is 4.79 Å². The lowest BCUT2D eigenvalue weighted by atomic mass is 10.00. The summed E-state index contributed by atoms with van der Waals surface area (Å²) in [5, 5.41) is 12.3. The predicted molar refractivity (Wildman–Crippen MR) is 68.7 cm³/mol. The van der Waals surface area contributed by atoms with Crippen molar-refractivity contribution in [1.82, 2.24) is 10.2 Å². The summed E-state index contributed by atoms with van der Waals surface area (Å²) >= 11 is 0. The van der Waals surface area contributed by atoms with Crippen molar-refractivity contribution in [3.8, 4) is 0 Å². The predicted octanol–water partition coefficient (Wildman–Crippen LogP) is 0.992. The monoisotopic (exact) mass is 242 g/mol. The third-order valence-corrected chi connectivity index (χ3v) is 3.34. The van der Waals surface area contributed by atoms with E-state index in [-0.39, 0.29) is 30.1 Å². The average molecular weight is 242 g/mol. The summed E-state index contributed by atoms with van der Waals surface area (Å²) < 4.78 is 0. The lowest BCUT2D eigenvalue weighted by molar-refractivity contribution is -0.128. The molecule has 4 nitrogen and oxygen atoms in total. The Balaban J connectivity index is 2.74. The normalized spacial score (nSPS) is 28.1. The highest BCUT2D eigenvalue weighted by Gasteiger charge is 2.39. The summed E-state index contributed by atoms with van der Waals surface area (Å²) in [5.74, 6) is 0.439. The summed E-state index contributed by atoms with van der Waals surface area (Å²) in [6.45, 7) is 11.0. The van der Waals surface area contributed by atoms with Gasteiger partial charge in [-0.1, -0.05) is 6.92 Å². The van der Waals surface area contributed by atoms with E-state index in [1.165, 1.54) is 0 Å². The van der Waals surface area contributed by atoms with Crippen LogP contribution in [0, 0.1) is 5.92 Å². The number of likely N-dealkylation sites (tertiary alicyclic amines) is 1. The van der Waals surface area contributed by atoms with Gasteiger partial charge >= 0.3 is 0 Å². The van der Waals surface area contributed by atoms with Gasteiger partial charge in [-0.15, -0.1) is 0 Å². The van der Waals surface area contributed by atoms with E-state index in [4.69, 9.17) is 0 Å². The minimum absolute atomic E-state index is 0.0515. The van der Waals surface area contributed by atoms with E-state index < -0.39 is 0 Å². The van der Waals surface area contributed by atoms with Gasteiger partial charge in [0, 0.05) is 11.6 Å². The summed E-state index contributed by atoms with van der Waals surface area (Å²) in [5.41, 5.74) is -0.201. The average Bonchev–Trinajstić information content (AvgIpc) is 2.56. The Morgan fingerprint density at radius 1 is 1.53 bits per heavy atom. The first-order valence-corrected chi connectivity index (χ1v) is 6.45. The van der Waals surface area contributed by atoms with Crippen molar-refractivity contribution in [3.63, 3.8) is 0 Å². The molecule has 1 amide bonds. The van der Waals surface area contributed by atoms with Gasteiger partial charge in [0.05, 0.1) is 12.6 Å². The van der Waals surface area contributed by atoms with Crippen molar-refractivity contribution in [2.45, 2.75) is 58.7 Å². The van der Waals surface area contributed by atoms with Crippen LogP contribution in [0.1, 0.15) is 41.0 Å². The second-order valence-electron chi connectivity index (χ2n) is 6.22. The van der Waals surface area contributed by atoms with Crippen molar-refractivity contribution in [2.24, 2.45) is 5.92 Å². The van der Waals surface area contributed by atoms with Crippen LogP contribution < -0.4 is 5.32 Å². The number of aliphatic hydroxyl groups excluding tert-OH is 1. The number of carbonyl (C=O) groups excluding carboxylic acids is 1. The Labute approximate surface area is 104 Å². The number of hydrogen-bond donors (Lipinski definition) is 2. The second-order valence-corrected chi connectivity index (χ2v) is 6.22. The molecular weight excluding hydrogens is 216 g/mol. The van der Waals surface area contributed by atoms with Gasteiger partial charge in [0.25, 0.3) is 0 Å². The SMILES string of the molecule is CC1CCN([C@@H](C)CO)[C@H]1C(=O)NC(C)(C)C. The summed E-state index contributed by atoms with van der Waals surface area (Å²) in [7, 11) is 0. The van der Waals surface area contributed by atoms with Crippen LogP contribution in [0.5, 0.6) is 0 Å². The first kappa shape index (κ1) is 14.5. The highest BCUT2D eigenvalue weighted by atomic mass is 16.3. The Morgan fingerprint density at radius 3 is 2.59 bits per heavy atom. The lowest BCUT2D eigenvalue weighted by Crippen LogP contribution is -2.54. The van der Waals surface area contributed by atoms with Crippen LogP contribution in [0.25, 0.3) is 0 Å². The van der Waals surface area contributed by atoms with E-state index in [1.54, 1.807) is 0 Å². The van der Waals surface area contributed by atoms with Crippen molar-refractivity contribution in [1.29, 1.82) is 0 Å². The third-order valence-electron chi connectivity index (χ3n) is 3.34. The highest BCUT2D eigenvalue weighted by molar-refractivity contribution is 5.83. The number of carbonyl (C=O) groups is 1. The first-order valence-electron chi connectivity index (χ1n) is 6.45. The second kappa shape index (κ2) is 5.36. The van der Waals surface area contributed by atoms with Gasteiger partial charge in [-0.25, -0.2) is 0 Å². The van der Waals surface area contributed by atoms with Crippen molar-refractivity contribution in [3.05, 3.63) is 0 Å². The smallest absolute Gasteiger partial charge is 0.238 e. The van der Waals surface area contributed by atoms with Crippen LogP contribution in [0.4, 0.5) is 0 Å². The minimum Gasteiger partial charge on any atom is -0.395 e. The van der Waals surface area contributed by atoms with Crippen molar-refractivity contribution >= 4 is 5.91 Å². The van der Waals surface area contributed by atoms with E-state index >= 15 is 0 Å². The van der Waals surface area contributed by atoms with Gasteiger partial charge in [-0.3, -0.25) is 9.69 Å². The number of hydrogen-bond acceptors (Lipinski definition) is 3. The summed E-state index contributed by atoms with van der Waals surface area (Å²) in [4.78, 5) is 14.4. The fraction of sp³-hybridized carbons (Fsp3) is 0.923. The molecule has 1 saturated heterocycles. The topological polar surface area (TPSA) is 52.6 Å². The molecule has 1 aliphatic rings. The fourth-order valence-electron chi connectivity index (χ4n) is 2.43. The molecule has 0 saturated carbocycles. The quantitative estimate of drug-likeness (QED) is 0.776. The number of nitrogens with one attached hydrogen (secondary N) is 1. The van der Waals surface area contributed by atoms with Gasteiger partial charge in [0.2, 0.25) is 5.91 Å². The number of aliphatic hydroxyl groups is 1. The molecule has 1 fully saturated rings. The number of nitrogens with zero attached hydrogens (tertiary/aromatic N) is 1. The molecule has 1 rings (SSSR count). The Bertz CT molecular complexity index is 273. The zero-order valence-corrected chi connectivity index (χ0v) is 11.7. The van der Waals surface area contributed by atoms with E-state index in [1.807, 2.05) is 27.7 Å². The standard InChI is InChI=1S/C13H26N2O2/c1-9-6-7-15(10(2)8-16)11(9)12(17)14-13(3,4)5/h9-11,16H,6-8H2,1-5H3,(H,14,17)/t9?,10-,11+/m0/s1. The summed E-state index contributed by atoms with van der Waals surface area (Å²) in [6, 6.07) is -0.0490. The largest absolute Gasteiger partial charge is 0.395 e. The molecule has 100 valence electrons. The van der Waals surface area contributed by atoms with Gasteiger partial charge in [-0.05, 0) is 46.6 Å². The molecule has 0 aliphatic carbocycles. The fourth-order valence-corrected chi connectivity index (χ4v) is 2.43. The molecule has 0 aromatic rings. The molecular formula is C13H26N2O2. The molecule has 0 aromatic carbocycles. The molecule has 17 heavy (non-hydrogen) atoms. The molecule has 0 radical (unpaired) electrons. The van der Waals surface area contributed by atoms with Crippen molar-refractivity contribution < 1.29 is 9.90 Å².